The quantitative estimate of drug-likeness (QED) is 0.635. The lowest BCUT2D eigenvalue weighted by atomic mass is 10.1. The zero-order valence-electron chi connectivity index (χ0n) is 13.2. The van der Waals surface area contributed by atoms with E-state index >= 15 is 0 Å². The molecule has 0 fully saturated rings. The minimum atomic E-state index is -3.79. The molecular weight excluding hydrogens is 288 g/mol. The van der Waals surface area contributed by atoms with Crippen molar-refractivity contribution in [3.63, 3.8) is 0 Å². The maximum atomic E-state index is 11.5. The van der Waals surface area contributed by atoms with E-state index in [-0.39, 0.29) is 5.16 Å². The van der Waals surface area contributed by atoms with Gasteiger partial charge in [-0.1, -0.05) is 52.4 Å². The van der Waals surface area contributed by atoms with Gasteiger partial charge in [0.1, 0.15) is 5.82 Å². The van der Waals surface area contributed by atoms with Crippen LogP contribution in [0.25, 0.3) is 0 Å². The molecule has 6 nitrogen and oxygen atoms in total. The number of primary sulfonamides is 1. The minimum absolute atomic E-state index is 0.109. The Morgan fingerprint density at radius 1 is 0.952 bits per heavy atom. The van der Waals surface area contributed by atoms with Crippen molar-refractivity contribution in [3.05, 3.63) is 5.82 Å². The fourth-order valence-corrected chi connectivity index (χ4v) is 3.06. The van der Waals surface area contributed by atoms with E-state index in [1.54, 1.807) is 4.57 Å². The molecule has 21 heavy (non-hydrogen) atoms. The molecule has 0 unspecified atom stereocenters. The highest BCUT2D eigenvalue weighted by molar-refractivity contribution is 7.89. The summed E-state index contributed by atoms with van der Waals surface area (Å²) in [5.41, 5.74) is 0. The van der Waals surface area contributed by atoms with E-state index in [9.17, 15) is 8.42 Å². The highest BCUT2D eigenvalue weighted by Gasteiger charge is 2.20. The molecule has 2 N–H and O–H groups in total. The number of sulfonamides is 1. The van der Waals surface area contributed by atoms with Gasteiger partial charge >= 0.3 is 0 Å². The van der Waals surface area contributed by atoms with Gasteiger partial charge in [-0.15, -0.1) is 10.2 Å². The zero-order chi connectivity index (χ0) is 15.7. The molecule has 0 saturated heterocycles. The standard InChI is InChI=1S/C14H28N4O2S/c1-3-5-6-7-8-9-10-11-13-16-17-14(21(15,19)20)18(13)12-4-2/h3-12H2,1-2H3,(H2,15,19,20). The van der Waals surface area contributed by atoms with Gasteiger partial charge in [-0.05, 0) is 12.8 Å². The van der Waals surface area contributed by atoms with Crippen molar-refractivity contribution in [1.29, 1.82) is 0 Å². The van der Waals surface area contributed by atoms with E-state index in [0.29, 0.717) is 6.54 Å². The molecular formula is C14H28N4O2S. The smallest absolute Gasteiger partial charge is 0.273 e. The number of nitrogens with zero attached hydrogens (tertiary/aromatic N) is 3. The van der Waals surface area contributed by atoms with Crippen LogP contribution in [0.15, 0.2) is 5.16 Å². The number of rotatable bonds is 11. The molecule has 7 heteroatoms. The van der Waals surface area contributed by atoms with Gasteiger partial charge in [0.05, 0.1) is 0 Å². The molecule has 0 radical (unpaired) electrons. The van der Waals surface area contributed by atoms with Gasteiger partial charge in [-0.2, -0.15) is 0 Å². The van der Waals surface area contributed by atoms with Crippen LogP contribution in [-0.4, -0.2) is 23.2 Å². The Morgan fingerprint density at radius 2 is 1.57 bits per heavy atom. The van der Waals surface area contributed by atoms with E-state index in [2.05, 4.69) is 17.1 Å². The van der Waals surface area contributed by atoms with Crippen LogP contribution in [0.2, 0.25) is 0 Å². The molecule has 1 aromatic heterocycles. The summed E-state index contributed by atoms with van der Waals surface area (Å²) in [6.07, 6.45) is 10.1. The van der Waals surface area contributed by atoms with E-state index in [0.717, 1.165) is 31.5 Å². The minimum Gasteiger partial charge on any atom is -0.301 e. The van der Waals surface area contributed by atoms with Crippen LogP contribution in [-0.2, 0) is 23.0 Å². The lowest BCUT2D eigenvalue weighted by molar-refractivity contribution is 0.536. The van der Waals surface area contributed by atoms with E-state index in [4.69, 9.17) is 5.14 Å². The molecule has 1 rings (SSSR count). The predicted octanol–water partition coefficient (Wildman–Crippen LogP) is 2.63. The molecule has 0 spiro atoms. The summed E-state index contributed by atoms with van der Waals surface area (Å²) in [4.78, 5) is 0. The van der Waals surface area contributed by atoms with Crippen LogP contribution >= 0.6 is 0 Å². The Labute approximate surface area is 128 Å². The van der Waals surface area contributed by atoms with Crippen molar-refractivity contribution in [3.8, 4) is 0 Å². The molecule has 1 heterocycles. The number of aromatic nitrogens is 3. The molecule has 1 aromatic rings. The molecule has 0 aliphatic carbocycles. The van der Waals surface area contributed by atoms with Gasteiger partial charge in [-0.25, -0.2) is 13.6 Å². The summed E-state index contributed by atoms with van der Waals surface area (Å²) in [7, 11) is -3.79. The molecule has 0 aliphatic rings. The predicted molar refractivity (Wildman–Crippen MR) is 83.4 cm³/mol. The lowest BCUT2D eigenvalue weighted by Crippen LogP contribution is -2.19. The molecule has 0 aromatic carbocycles. The highest BCUT2D eigenvalue weighted by Crippen LogP contribution is 2.13. The largest absolute Gasteiger partial charge is 0.301 e. The molecule has 0 bridgehead atoms. The van der Waals surface area contributed by atoms with Crippen LogP contribution in [0.5, 0.6) is 0 Å². The van der Waals surface area contributed by atoms with Gasteiger partial charge in [0.15, 0.2) is 0 Å². The average Bonchev–Trinajstić information content (AvgIpc) is 2.81. The Bertz CT molecular complexity index is 511. The Hall–Kier alpha value is -0.950. The summed E-state index contributed by atoms with van der Waals surface area (Å²) < 4.78 is 24.6. The Morgan fingerprint density at radius 3 is 2.14 bits per heavy atom. The van der Waals surface area contributed by atoms with Crippen LogP contribution in [0.4, 0.5) is 0 Å². The summed E-state index contributed by atoms with van der Waals surface area (Å²) in [6, 6.07) is 0. The number of unbranched alkanes of at least 4 members (excludes halogenated alkanes) is 6. The second kappa shape index (κ2) is 9.15. The second-order valence-electron chi connectivity index (χ2n) is 5.47. The summed E-state index contributed by atoms with van der Waals surface area (Å²) in [6.45, 7) is 4.79. The summed E-state index contributed by atoms with van der Waals surface area (Å²) in [5.74, 6) is 0.731. The number of nitrogens with two attached hydrogens (primary N) is 1. The maximum Gasteiger partial charge on any atom is 0.273 e. The van der Waals surface area contributed by atoms with Gasteiger partial charge in [0, 0.05) is 13.0 Å². The third-order valence-corrected chi connectivity index (χ3v) is 4.31. The van der Waals surface area contributed by atoms with Crippen molar-refractivity contribution in [1.82, 2.24) is 14.8 Å². The zero-order valence-corrected chi connectivity index (χ0v) is 14.0. The van der Waals surface area contributed by atoms with Gasteiger partial charge in [-0.3, -0.25) is 0 Å². The highest BCUT2D eigenvalue weighted by atomic mass is 32.2. The molecule has 122 valence electrons. The number of hydrogen-bond acceptors (Lipinski definition) is 4. The van der Waals surface area contributed by atoms with Crippen molar-refractivity contribution in [2.24, 2.45) is 5.14 Å². The first-order chi connectivity index (χ1) is 10.0. The first-order valence-electron chi connectivity index (χ1n) is 7.95. The summed E-state index contributed by atoms with van der Waals surface area (Å²) >= 11 is 0. The third kappa shape index (κ3) is 6.13. The van der Waals surface area contributed by atoms with Crippen LogP contribution in [0, 0.1) is 0 Å². The van der Waals surface area contributed by atoms with E-state index < -0.39 is 10.0 Å². The molecule has 0 aliphatic heterocycles. The topological polar surface area (TPSA) is 90.9 Å². The number of hydrogen-bond donors (Lipinski definition) is 1. The van der Waals surface area contributed by atoms with Crippen LogP contribution < -0.4 is 5.14 Å². The van der Waals surface area contributed by atoms with Crippen molar-refractivity contribution >= 4 is 10.0 Å². The average molecular weight is 316 g/mol. The first-order valence-corrected chi connectivity index (χ1v) is 9.50. The SMILES string of the molecule is CCCCCCCCCc1nnc(S(N)(=O)=O)n1CCC. The third-order valence-electron chi connectivity index (χ3n) is 3.50. The summed E-state index contributed by atoms with van der Waals surface area (Å²) in [5, 5.41) is 12.8. The maximum absolute atomic E-state index is 11.5. The normalized spacial score (nSPS) is 12.0. The monoisotopic (exact) mass is 316 g/mol. The lowest BCUT2D eigenvalue weighted by Gasteiger charge is -2.07. The molecule has 0 saturated carbocycles. The van der Waals surface area contributed by atoms with Crippen LogP contribution in [0.1, 0.15) is 71.0 Å². The van der Waals surface area contributed by atoms with E-state index in [1.165, 1.54) is 32.1 Å². The van der Waals surface area contributed by atoms with Gasteiger partial charge in [0.2, 0.25) is 0 Å². The van der Waals surface area contributed by atoms with Gasteiger partial charge in [0.25, 0.3) is 15.2 Å². The van der Waals surface area contributed by atoms with E-state index in [1.807, 2.05) is 6.92 Å². The van der Waals surface area contributed by atoms with Gasteiger partial charge < -0.3 is 4.57 Å². The first kappa shape index (κ1) is 18.1. The fourth-order valence-electron chi connectivity index (χ4n) is 2.40. The number of aryl methyl sites for hydroxylation is 1. The Kier molecular flexibility index (Phi) is 7.88. The van der Waals surface area contributed by atoms with Crippen molar-refractivity contribution < 1.29 is 8.42 Å². The fraction of sp³-hybridized carbons (Fsp3) is 0.857. The Balaban J connectivity index is 2.50. The second-order valence-corrected chi connectivity index (χ2v) is 6.92. The molecule has 0 atom stereocenters. The van der Waals surface area contributed by atoms with Crippen LogP contribution in [0.3, 0.4) is 0 Å². The van der Waals surface area contributed by atoms with Crippen molar-refractivity contribution in [2.75, 3.05) is 0 Å². The molecule has 0 amide bonds. The van der Waals surface area contributed by atoms with Crippen molar-refractivity contribution in [2.45, 2.75) is 83.3 Å².